The summed E-state index contributed by atoms with van der Waals surface area (Å²) < 4.78 is 0. The molecule has 0 spiro atoms. The Morgan fingerprint density at radius 1 is 1.63 bits per heavy atom. The number of rotatable bonds is 6. The van der Waals surface area contributed by atoms with E-state index in [1.54, 1.807) is 6.92 Å². The minimum absolute atomic E-state index is 0.201. The number of carboxylic acid groups (broad SMARTS) is 1. The van der Waals surface area contributed by atoms with E-state index in [2.05, 4.69) is 15.3 Å². The molecule has 0 radical (unpaired) electrons. The molecular formula is C13H19N3O3. The van der Waals surface area contributed by atoms with Crippen molar-refractivity contribution in [2.45, 2.75) is 39.0 Å². The molecular weight excluding hydrogens is 246 g/mol. The molecule has 3 N–H and O–H groups in total. The van der Waals surface area contributed by atoms with E-state index in [0.717, 1.165) is 12.8 Å². The Kier molecular flexibility index (Phi) is 3.59. The van der Waals surface area contributed by atoms with Crippen molar-refractivity contribution >= 4 is 11.8 Å². The number of H-pyrrole nitrogens is 1. The van der Waals surface area contributed by atoms with Crippen molar-refractivity contribution in [2.24, 2.45) is 5.41 Å². The highest BCUT2D eigenvalue weighted by molar-refractivity contribution is 5.74. The Morgan fingerprint density at radius 3 is 2.84 bits per heavy atom. The van der Waals surface area contributed by atoms with E-state index in [-0.39, 0.29) is 12.1 Å². The molecule has 1 aromatic rings. The minimum Gasteiger partial charge on any atom is -0.481 e. The Balaban J connectivity index is 2.11. The summed E-state index contributed by atoms with van der Waals surface area (Å²) in [5.41, 5.74) is -1.06. The largest absolute Gasteiger partial charge is 0.481 e. The predicted molar refractivity (Wildman–Crippen MR) is 71.4 cm³/mol. The molecule has 0 saturated heterocycles. The number of aromatic amines is 1. The number of hydrogen-bond donors (Lipinski definition) is 3. The van der Waals surface area contributed by atoms with Crippen molar-refractivity contribution in [1.82, 2.24) is 9.97 Å². The normalized spacial score (nSPS) is 17.8. The Bertz CT molecular complexity index is 536. The predicted octanol–water partition coefficient (Wildman–Crippen LogP) is 1.56. The maximum atomic E-state index is 11.5. The molecule has 0 aliphatic heterocycles. The van der Waals surface area contributed by atoms with E-state index in [1.165, 1.54) is 6.07 Å². The molecule has 6 nitrogen and oxygen atoms in total. The molecule has 1 aromatic heterocycles. The molecule has 0 amide bonds. The van der Waals surface area contributed by atoms with Crippen molar-refractivity contribution in [3.63, 3.8) is 0 Å². The van der Waals surface area contributed by atoms with Crippen molar-refractivity contribution in [3.05, 3.63) is 22.2 Å². The summed E-state index contributed by atoms with van der Waals surface area (Å²) in [6.45, 7) is 3.76. The Hall–Kier alpha value is -1.85. The van der Waals surface area contributed by atoms with Crippen LogP contribution in [-0.4, -0.2) is 27.6 Å². The first-order chi connectivity index (χ1) is 8.94. The van der Waals surface area contributed by atoms with E-state index < -0.39 is 11.4 Å². The zero-order valence-corrected chi connectivity index (χ0v) is 11.2. The standard InChI is InChI=1S/C13H19N3O3/c1-3-13(2,12(18)19)7-14-9-6-10(17)16-11(15-9)8-4-5-8/h6,8H,3-5,7H2,1-2H3,(H,18,19)(H2,14,15,16,17). The Labute approximate surface area is 111 Å². The summed E-state index contributed by atoms with van der Waals surface area (Å²) in [6, 6.07) is 1.36. The van der Waals surface area contributed by atoms with Crippen molar-refractivity contribution in [3.8, 4) is 0 Å². The van der Waals surface area contributed by atoms with Crippen LogP contribution >= 0.6 is 0 Å². The SMILES string of the molecule is CCC(C)(CNc1cc(=O)[nH]c(C2CC2)n1)C(=O)O. The summed E-state index contributed by atoms with van der Waals surface area (Å²) in [5, 5.41) is 12.2. The number of carboxylic acids is 1. The maximum Gasteiger partial charge on any atom is 0.311 e. The van der Waals surface area contributed by atoms with Gasteiger partial charge >= 0.3 is 5.97 Å². The second kappa shape index (κ2) is 5.03. The molecule has 19 heavy (non-hydrogen) atoms. The number of hydrogen-bond acceptors (Lipinski definition) is 4. The van der Waals surface area contributed by atoms with Crippen molar-refractivity contribution in [2.75, 3.05) is 11.9 Å². The smallest absolute Gasteiger partial charge is 0.311 e. The number of aliphatic carboxylic acids is 1. The van der Waals surface area contributed by atoms with Gasteiger partial charge in [0.05, 0.1) is 5.41 Å². The van der Waals surface area contributed by atoms with Gasteiger partial charge < -0.3 is 15.4 Å². The number of carbonyl (C=O) groups is 1. The van der Waals surface area contributed by atoms with Crippen LogP contribution in [0.3, 0.4) is 0 Å². The topological polar surface area (TPSA) is 95.1 Å². The average molecular weight is 265 g/mol. The maximum absolute atomic E-state index is 11.5. The number of nitrogens with one attached hydrogen (secondary N) is 2. The number of nitrogens with zero attached hydrogens (tertiary/aromatic N) is 1. The van der Waals surface area contributed by atoms with Crippen molar-refractivity contribution < 1.29 is 9.90 Å². The third-order valence-electron chi connectivity index (χ3n) is 3.68. The van der Waals surface area contributed by atoms with Gasteiger partial charge in [-0.2, -0.15) is 0 Å². The van der Waals surface area contributed by atoms with Crippen LogP contribution in [0.1, 0.15) is 44.9 Å². The van der Waals surface area contributed by atoms with Gasteiger partial charge in [0.15, 0.2) is 0 Å². The lowest BCUT2D eigenvalue weighted by molar-refractivity contribution is -0.147. The highest BCUT2D eigenvalue weighted by Gasteiger charge is 2.31. The zero-order chi connectivity index (χ0) is 14.0. The number of aromatic nitrogens is 2. The van der Waals surface area contributed by atoms with Gasteiger partial charge in [-0.15, -0.1) is 0 Å². The van der Waals surface area contributed by atoms with Gasteiger partial charge in [-0.3, -0.25) is 9.59 Å². The van der Waals surface area contributed by atoms with E-state index in [9.17, 15) is 14.7 Å². The molecule has 0 aromatic carbocycles. The van der Waals surface area contributed by atoms with Crippen LogP contribution in [0.4, 0.5) is 5.82 Å². The lowest BCUT2D eigenvalue weighted by Gasteiger charge is -2.23. The second-order valence-electron chi connectivity index (χ2n) is 5.36. The highest BCUT2D eigenvalue weighted by Crippen LogP contribution is 2.37. The molecule has 104 valence electrons. The molecule has 0 bridgehead atoms. The van der Waals surface area contributed by atoms with E-state index in [0.29, 0.717) is 24.0 Å². The summed E-state index contributed by atoms with van der Waals surface area (Å²) >= 11 is 0. The van der Waals surface area contributed by atoms with Gasteiger partial charge in [-0.05, 0) is 26.2 Å². The van der Waals surface area contributed by atoms with Crippen LogP contribution < -0.4 is 10.9 Å². The van der Waals surface area contributed by atoms with Crippen LogP contribution in [0, 0.1) is 5.41 Å². The summed E-state index contributed by atoms with van der Waals surface area (Å²) in [7, 11) is 0. The van der Waals surface area contributed by atoms with Gasteiger partial charge in [0.2, 0.25) is 0 Å². The first-order valence-electron chi connectivity index (χ1n) is 6.53. The van der Waals surface area contributed by atoms with Crippen LogP contribution in [-0.2, 0) is 4.79 Å². The molecule has 1 saturated carbocycles. The fraction of sp³-hybridized carbons (Fsp3) is 0.615. The summed E-state index contributed by atoms with van der Waals surface area (Å²) in [4.78, 5) is 29.8. The van der Waals surface area contributed by atoms with Crippen molar-refractivity contribution in [1.29, 1.82) is 0 Å². The first kappa shape index (κ1) is 13.6. The molecule has 6 heteroatoms. The number of anilines is 1. The molecule has 2 rings (SSSR count). The first-order valence-corrected chi connectivity index (χ1v) is 6.53. The van der Waals surface area contributed by atoms with E-state index >= 15 is 0 Å². The van der Waals surface area contributed by atoms with Crippen LogP contribution in [0.5, 0.6) is 0 Å². The molecule has 1 atom stereocenters. The lowest BCUT2D eigenvalue weighted by Crippen LogP contribution is -2.34. The summed E-state index contributed by atoms with van der Waals surface area (Å²) in [6.07, 6.45) is 2.61. The zero-order valence-electron chi connectivity index (χ0n) is 11.2. The van der Waals surface area contributed by atoms with Gasteiger partial charge in [-0.25, -0.2) is 4.98 Å². The minimum atomic E-state index is -0.857. The highest BCUT2D eigenvalue weighted by atomic mass is 16.4. The van der Waals surface area contributed by atoms with E-state index in [4.69, 9.17) is 0 Å². The van der Waals surface area contributed by atoms with Gasteiger partial charge in [0, 0.05) is 18.5 Å². The Morgan fingerprint density at radius 2 is 2.32 bits per heavy atom. The molecule has 1 aliphatic rings. The summed E-state index contributed by atoms with van der Waals surface area (Å²) in [5.74, 6) is 0.649. The molecule has 1 fully saturated rings. The monoisotopic (exact) mass is 265 g/mol. The fourth-order valence-electron chi connectivity index (χ4n) is 1.75. The third kappa shape index (κ3) is 3.13. The average Bonchev–Trinajstić information content (AvgIpc) is 3.19. The van der Waals surface area contributed by atoms with Gasteiger partial charge in [-0.1, -0.05) is 6.92 Å². The molecule has 1 unspecified atom stereocenters. The third-order valence-corrected chi connectivity index (χ3v) is 3.68. The second-order valence-corrected chi connectivity index (χ2v) is 5.36. The van der Waals surface area contributed by atoms with Crippen LogP contribution in [0.25, 0.3) is 0 Å². The van der Waals surface area contributed by atoms with Gasteiger partial charge in [0.1, 0.15) is 11.6 Å². The fourth-order valence-corrected chi connectivity index (χ4v) is 1.75. The van der Waals surface area contributed by atoms with Crippen LogP contribution in [0.2, 0.25) is 0 Å². The van der Waals surface area contributed by atoms with E-state index in [1.807, 2.05) is 6.92 Å². The molecule has 1 heterocycles. The quantitative estimate of drug-likeness (QED) is 0.725. The van der Waals surface area contributed by atoms with Gasteiger partial charge in [0.25, 0.3) is 5.56 Å². The van der Waals surface area contributed by atoms with Crippen LogP contribution in [0.15, 0.2) is 10.9 Å². The lowest BCUT2D eigenvalue weighted by atomic mass is 9.88. The molecule has 1 aliphatic carbocycles.